The van der Waals surface area contributed by atoms with Gasteiger partial charge >= 0.3 is 0 Å². The minimum Gasteiger partial charge on any atom is -0.494 e. The Morgan fingerprint density at radius 3 is 2.53 bits per heavy atom. The molecule has 0 atom stereocenters. The first kappa shape index (κ1) is 20.1. The van der Waals surface area contributed by atoms with E-state index in [1.807, 2.05) is 36.4 Å². The number of hydrogen-bond donors (Lipinski definition) is 2. The summed E-state index contributed by atoms with van der Waals surface area (Å²) >= 11 is 0. The molecule has 0 aliphatic carbocycles. The summed E-state index contributed by atoms with van der Waals surface area (Å²) in [5, 5.41) is 11.5. The Balaban J connectivity index is 1.46. The smallest absolute Gasteiger partial charge is 0.258 e. The number of aromatic amines is 1. The fourth-order valence-electron chi connectivity index (χ4n) is 4.01. The van der Waals surface area contributed by atoms with Gasteiger partial charge in [0.15, 0.2) is 0 Å². The average Bonchev–Trinajstić information content (AvgIpc) is 3.35. The number of H-pyrrole nitrogens is 1. The molecule has 162 valence electrons. The SMILES string of the molecule is CN1CCN(c2ccc(N=Cc3c(O)[nH]c(=O)c4ccc(-c5ccco5)cc34)cc2)CC1. The van der Waals surface area contributed by atoms with Gasteiger partial charge in [-0.15, -0.1) is 0 Å². The minimum atomic E-state index is -0.350. The highest BCUT2D eigenvalue weighted by Crippen LogP contribution is 2.28. The third kappa shape index (κ3) is 3.90. The molecule has 2 aromatic carbocycles. The number of aliphatic imine (C=N–C) groups is 1. The predicted octanol–water partition coefficient (Wildman–Crippen LogP) is 4.00. The number of benzene rings is 2. The molecule has 0 saturated carbocycles. The van der Waals surface area contributed by atoms with Crippen molar-refractivity contribution in [3.8, 4) is 17.2 Å². The van der Waals surface area contributed by atoms with E-state index >= 15 is 0 Å². The highest BCUT2D eigenvalue weighted by Gasteiger charge is 2.14. The van der Waals surface area contributed by atoms with Crippen molar-refractivity contribution < 1.29 is 9.52 Å². The number of pyridine rings is 1. The standard InChI is InChI=1S/C25H24N4O3/c1-28-10-12-29(13-11-28)19-7-5-18(6-8-19)26-16-22-21-15-17(23-3-2-14-32-23)4-9-20(21)24(30)27-25(22)31/h2-9,14-16H,10-13H2,1H3,(H2,27,30,31). The zero-order valence-corrected chi connectivity index (χ0v) is 17.8. The second-order valence-corrected chi connectivity index (χ2v) is 8.02. The number of nitrogens with one attached hydrogen (secondary N) is 1. The Morgan fingerprint density at radius 2 is 1.81 bits per heavy atom. The van der Waals surface area contributed by atoms with Crippen molar-refractivity contribution in [1.82, 2.24) is 9.88 Å². The number of furan rings is 1. The molecule has 1 aliphatic heterocycles. The summed E-state index contributed by atoms with van der Waals surface area (Å²) < 4.78 is 5.48. The molecule has 7 nitrogen and oxygen atoms in total. The van der Waals surface area contributed by atoms with Crippen molar-refractivity contribution in [3.05, 3.63) is 76.8 Å². The number of likely N-dealkylation sites (N-methyl/N-ethyl adjacent to an activating group) is 1. The monoisotopic (exact) mass is 428 g/mol. The highest BCUT2D eigenvalue weighted by atomic mass is 16.3. The maximum absolute atomic E-state index is 12.3. The summed E-state index contributed by atoms with van der Waals surface area (Å²) in [6.45, 7) is 4.12. The normalized spacial score (nSPS) is 15.1. The maximum Gasteiger partial charge on any atom is 0.258 e. The van der Waals surface area contributed by atoms with Crippen LogP contribution < -0.4 is 10.5 Å². The molecule has 2 N–H and O–H groups in total. The van der Waals surface area contributed by atoms with E-state index in [0.717, 1.165) is 37.4 Å². The van der Waals surface area contributed by atoms with Crippen LogP contribution in [0.3, 0.4) is 0 Å². The van der Waals surface area contributed by atoms with Gasteiger partial charge in [0.05, 0.1) is 17.5 Å². The van der Waals surface area contributed by atoms with Gasteiger partial charge in [0.2, 0.25) is 5.88 Å². The Bertz CT molecular complexity index is 1320. The van der Waals surface area contributed by atoms with Crippen LogP contribution >= 0.6 is 0 Å². The largest absolute Gasteiger partial charge is 0.494 e. The lowest BCUT2D eigenvalue weighted by molar-refractivity contribution is 0.313. The molecule has 1 saturated heterocycles. The number of anilines is 1. The molecule has 0 amide bonds. The van der Waals surface area contributed by atoms with Gasteiger partial charge in [-0.1, -0.05) is 6.07 Å². The molecule has 5 rings (SSSR count). The third-order valence-electron chi connectivity index (χ3n) is 5.91. The van der Waals surface area contributed by atoms with Gasteiger partial charge in [0, 0.05) is 54.4 Å². The second-order valence-electron chi connectivity index (χ2n) is 8.02. The van der Waals surface area contributed by atoms with Crippen LogP contribution in [-0.4, -0.2) is 54.4 Å². The molecule has 0 bridgehead atoms. The minimum absolute atomic E-state index is 0.211. The number of rotatable bonds is 4. The van der Waals surface area contributed by atoms with Crippen LogP contribution in [0.25, 0.3) is 22.1 Å². The number of hydrogen-bond acceptors (Lipinski definition) is 6. The zero-order valence-electron chi connectivity index (χ0n) is 17.8. The zero-order chi connectivity index (χ0) is 22.1. The Morgan fingerprint density at radius 1 is 1.03 bits per heavy atom. The first-order chi connectivity index (χ1) is 15.6. The molecule has 2 aromatic heterocycles. The molecular weight excluding hydrogens is 404 g/mol. The van der Waals surface area contributed by atoms with Crippen molar-refractivity contribution in [2.45, 2.75) is 0 Å². The Hall–Kier alpha value is -3.84. The summed E-state index contributed by atoms with van der Waals surface area (Å²) in [5.74, 6) is 0.478. The first-order valence-corrected chi connectivity index (χ1v) is 10.6. The van der Waals surface area contributed by atoms with Gasteiger partial charge in [-0.2, -0.15) is 0 Å². The van der Waals surface area contributed by atoms with Crippen molar-refractivity contribution in [2.75, 3.05) is 38.1 Å². The predicted molar refractivity (Wildman–Crippen MR) is 127 cm³/mol. The quantitative estimate of drug-likeness (QED) is 0.480. The molecule has 7 heteroatoms. The van der Waals surface area contributed by atoms with Gasteiger partial charge in [0.1, 0.15) is 5.76 Å². The van der Waals surface area contributed by atoms with Gasteiger partial charge in [-0.3, -0.25) is 14.8 Å². The van der Waals surface area contributed by atoms with Gasteiger partial charge in [-0.25, -0.2) is 0 Å². The van der Waals surface area contributed by atoms with E-state index in [1.54, 1.807) is 18.5 Å². The molecule has 1 fully saturated rings. The van der Waals surface area contributed by atoms with E-state index in [1.165, 1.54) is 5.69 Å². The summed E-state index contributed by atoms with van der Waals surface area (Å²) in [5.41, 5.74) is 2.87. The van der Waals surface area contributed by atoms with E-state index in [4.69, 9.17) is 4.42 Å². The Kier molecular flexibility index (Phi) is 5.25. The van der Waals surface area contributed by atoms with Crippen LogP contribution in [-0.2, 0) is 0 Å². The van der Waals surface area contributed by atoms with Crippen LogP contribution in [0.15, 0.2) is 75.1 Å². The Labute approximate surface area is 185 Å². The van der Waals surface area contributed by atoms with E-state index in [0.29, 0.717) is 22.1 Å². The number of aromatic nitrogens is 1. The van der Waals surface area contributed by atoms with Crippen LogP contribution in [0, 0.1) is 0 Å². The molecule has 1 aliphatic rings. The summed E-state index contributed by atoms with van der Waals surface area (Å²) in [7, 11) is 2.14. The van der Waals surface area contributed by atoms with Gasteiger partial charge in [-0.05, 0) is 55.6 Å². The molecule has 0 spiro atoms. The lowest BCUT2D eigenvalue weighted by Gasteiger charge is -2.34. The van der Waals surface area contributed by atoms with E-state index in [2.05, 4.69) is 39.0 Å². The lowest BCUT2D eigenvalue weighted by Crippen LogP contribution is -2.44. The number of fused-ring (bicyclic) bond motifs is 1. The van der Waals surface area contributed by atoms with Gasteiger partial charge in [0.25, 0.3) is 5.56 Å². The summed E-state index contributed by atoms with van der Waals surface area (Å²) in [6, 6.07) is 17.1. The van der Waals surface area contributed by atoms with E-state index in [-0.39, 0.29) is 11.4 Å². The average molecular weight is 428 g/mol. The van der Waals surface area contributed by atoms with Crippen LogP contribution in [0.5, 0.6) is 5.88 Å². The van der Waals surface area contributed by atoms with Gasteiger partial charge < -0.3 is 19.3 Å². The number of piperazine rings is 1. The maximum atomic E-state index is 12.3. The number of nitrogens with zero attached hydrogens (tertiary/aromatic N) is 3. The van der Waals surface area contributed by atoms with Crippen molar-refractivity contribution in [2.24, 2.45) is 4.99 Å². The number of aromatic hydroxyl groups is 1. The van der Waals surface area contributed by atoms with E-state index < -0.39 is 0 Å². The fourth-order valence-corrected chi connectivity index (χ4v) is 4.01. The van der Waals surface area contributed by atoms with Crippen molar-refractivity contribution in [3.63, 3.8) is 0 Å². The summed E-state index contributed by atoms with van der Waals surface area (Å²) in [4.78, 5) is 24.1. The molecule has 3 heterocycles. The fraction of sp³-hybridized carbons (Fsp3) is 0.200. The first-order valence-electron chi connectivity index (χ1n) is 10.6. The van der Waals surface area contributed by atoms with E-state index in [9.17, 15) is 9.90 Å². The topological polar surface area (TPSA) is 85.1 Å². The van der Waals surface area contributed by atoms with Crippen LogP contribution in [0.4, 0.5) is 11.4 Å². The molecule has 0 radical (unpaired) electrons. The molecule has 0 unspecified atom stereocenters. The lowest BCUT2D eigenvalue weighted by atomic mass is 10.0. The van der Waals surface area contributed by atoms with Crippen molar-refractivity contribution in [1.29, 1.82) is 0 Å². The molecule has 4 aromatic rings. The van der Waals surface area contributed by atoms with Crippen LogP contribution in [0.2, 0.25) is 0 Å². The van der Waals surface area contributed by atoms with Crippen LogP contribution in [0.1, 0.15) is 5.56 Å². The molecule has 32 heavy (non-hydrogen) atoms. The third-order valence-corrected chi connectivity index (χ3v) is 5.91. The second kappa shape index (κ2) is 8.36. The summed E-state index contributed by atoms with van der Waals surface area (Å²) in [6.07, 6.45) is 3.19. The van der Waals surface area contributed by atoms with Crippen molar-refractivity contribution >= 4 is 28.4 Å². The highest BCUT2D eigenvalue weighted by molar-refractivity contribution is 6.03. The molecular formula is C25H24N4O3.